The largest absolute Gasteiger partial charge is 0.144 e. The van der Waals surface area contributed by atoms with Gasteiger partial charge in [0.2, 0.25) is 0 Å². The summed E-state index contributed by atoms with van der Waals surface area (Å²) in [6.45, 7) is 0. The number of thiocarbonyl (C=S) groups is 1. The van der Waals surface area contributed by atoms with Crippen molar-refractivity contribution in [1.29, 1.82) is 0 Å². The molecule has 3 heteroatoms. The third-order valence-electron chi connectivity index (χ3n) is 3.99. The molecule has 0 amide bonds. The lowest BCUT2D eigenvalue weighted by atomic mass is 9.98. The molecular formula is C22H15PS2. The van der Waals surface area contributed by atoms with Crippen LogP contribution in [0.4, 0.5) is 0 Å². The standard InChI is InChI=1S/C22H15PS2/c24-22-19(21-12-7-13-25-21)15-20(23-22)18(17-10-5-2-6-11-17)14-16-8-3-1-4-9-16/h1-15H. The van der Waals surface area contributed by atoms with Crippen molar-refractivity contribution in [1.82, 2.24) is 0 Å². The molecule has 1 aliphatic heterocycles. The summed E-state index contributed by atoms with van der Waals surface area (Å²) in [7, 11) is 1.12. The van der Waals surface area contributed by atoms with E-state index in [0.29, 0.717) is 0 Å². The van der Waals surface area contributed by atoms with Gasteiger partial charge in [0.1, 0.15) is 0 Å². The summed E-state index contributed by atoms with van der Waals surface area (Å²) in [6, 6.07) is 25.2. The maximum atomic E-state index is 5.68. The Kier molecular flexibility index (Phi) is 4.85. The molecule has 0 bridgehead atoms. The molecule has 1 aromatic heterocycles. The van der Waals surface area contributed by atoms with Gasteiger partial charge in [0.15, 0.2) is 0 Å². The lowest BCUT2D eigenvalue weighted by Gasteiger charge is -2.08. The molecule has 0 nitrogen and oxygen atoms in total. The van der Waals surface area contributed by atoms with Crippen LogP contribution in [0, 0.1) is 0 Å². The number of hydrogen-bond donors (Lipinski definition) is 0. The molecule has 3 aromatic rings. The van der Waals surface area contributed by atoms with E-state index in [1.807, 2.05) is 6.07 Å². The van der Waals surface area contributed by atoms with Crippen LogP contribution in [0.15, 0.2) is 84.3 Å². The van der Waals surface area contributed by atoms with Crippen LogP contribution in [-0.4, -0.2) is 9.90 Å². The van der Waals surface area contributed by atoms with E-state index in [4.69, 9.17) is 12.2 Å². The maximum absolute atomic E-state index is 5.68. The van der Waals surface area contributed by atoms with Gasteiger partial charge in [0.05, 0.1) is 4.61 Å². The highest BCUT2D eigenvalue weighted by atomic mass is 32.1. The lowest BCUT2D eigenvalue weighted by Crippen LogP contribution is -1.95. The highest BCUT2D eigenvalue weighted by Crippen LogP contribution is 2.37. The normalized spacial score (nSPS) is 15.0. The Morgan fingerprint density at radius 2 is 1.60 bits per heavy atom. The highest BCUT2D eigenvalue weighted by molar-refractivity contribution is 7.95. The van der Waals surface area contributed by atoms with Crippen molar-refractivity contribution in [2.45, 2.75) is 0 Å². The average Bonchev–Trinajstić information content (AvgIpc) is 3.31. The molecule has 2 aromatic carbocycles. The molecule has 0 atom stereocenters. The highest BCUT2D eigenvalue weighted by Gasteiger charge is 2.19. The first-order chi connectivity index (χ1) is 12.3. The fraction of sp³-hybridized carbons (Fsp3) is 0. The Hall–Kier alpha value is -2.12. The average molecular weight is 374 g/mol. The fourth-order valence-electron chi connectivity index (χ4n) is 2.79. The van der Waals surface area contributed by atoms with E-state index in [9.17, 15) is 0 Å². The first-order valence-corrected chi connectivity index (χ1v) is 10.2. The first-order valence-electron chi connectivity index (χ1n) is 8.02. The van der Waals surface area contributed by atoms with Crippen molar-refractivity contribution < 1.29 is 0 Å². The number of thiophene rings is 1. The predicted octanol–water partition coefficient (Wildman–Crippen LogP) is 6.83. The van der Waals surface area contributed by atoms with Gasteiger partial charge < -0.3 is 0 Å². The minimum atomic E-state index is 1.01. The maximum Gasteiger partial charge on any atom is 0.0740 e. The van der Waals surface area contributed by atoms with Crippen molar-refractivity contribution in [3.8, 4) is 0 Å². The molecule has 0 saturated heterocycles. The second-order valence-corrected chi connectivity index (χ2v) is 8.48. The zero-order valence-electron chi connectivity index (χ0n) is 13.4. The minimum Gasteiger partial charge on any atom is -0.144 e. The van der Waals surface area contributed by atoms with Crippen LogP contribution in [0.2, 0.25) is 0 Å². The molecule has 120 valence electrons. The van der Waals surface area contributed by atoms with Gasteiger partial charge in [-0.3, -0.25) is 0 Å². The van der Waals surface area contributed by atoms with Crippen molar-refractivity contribution >= 4 is 58.9 Å². The topological polar surface area (TPSA) is 0 Å². The van der Waals surface area contributed by atoms with Crippen LogP contribution < -0.4 is 0 Å². The molecule has 0 unspecified atom stereocenters. The number of hydrogen-bond acceptors (Lipinski definition) is 2. The summed E-state index contributed by atoms with van der Waals surface area (Å²) in [5, 5.41) is 3.37. The Balaban J connectivity index is 1.81. The Bertz CT molecular complexity index is 979. The van der Waals surface area contributed by atoms with E-state index in [-0.39, 0.29) is 0 Å². The minimum absolute atomic E-state index is 1.01. The summed E-state index contributed by atoms with van der Waals surface area (Å²) in [5.41, 5.74) is 4.85. The van der Waals surface area contributed by atoms with E-state index in [1.165, 1.54) is 32.4 Å². The van der Waals surface area contributed by atoms with Gasteiger partial charge >= 0.3 is 0 Å². The van der Waals surface area contributed by atoms with E-state index >= 15 is 0 Å². The van der Waals surface area contributed by atoms with Gasteiger partial charge in [-0.2, -0.15) is 0 Å². The van der Waals surface area contributed by atoms with Crippen LogP contribution in [-0.2, 0) is 0 Å². The van der Waals surface area contributed by atoms with Gasteiger partial charge in [-0.05, 0) is 48.5 Å². The smallest absolute Gasteiger partial charge is 0.0740 e. The molecular weight excluding hydrogens is 359 g/mol. The Labute approximate surface area is 159 Å². The Morgan fingerprint density at radius 3 is 2.28 bits per heavy atom. The molecule has 0 fully saturated rings. The van der Waals surface area contributed by atoms with Crippen LogP contribution in [0.1, 0.15) is 16.0 Å². The zero-order chi connectivity index (χ0) is 17.1. The van der Waals surface area contributed by atoms with Crippen LogP contribution in [0.25, 0.3) is 17.2 Å². The molecule has 0 radical (unpaired) electrons. The van der Waals surface area contributed by atoms with Gasteiger partial charge in [-0.1, -0.05) is 78.9 Å². The molecule has 4 rings (SSSR count). The summed E-state index contributed by atoms with van der Waals surface area (Å²) in [6.07, 6.45) is 4.52. The molecule has 0 aliphatic carbocycles. The molecule has 0 N–H and O–H groups in total. The summed E-state index contributed by atoms with van der Waals surface area (Å²) in [4.78, 5) is 1.25. The number of rotatable bonds is 4. The molecule has 0 spiro atoms. The first kappa shape index (κ1) is 16.4. The molecule has 1 aliphatic rings. The molecule has 2 heterocycles. The van der Waals surface area contributed by atoms with Crippen molar-refractivity contribution in [2.75, 3.05) is 0 Å². The number of benzene rings is 2. The SMILES string of the molecule is S=C1P=C(C(=Cc2ccccc2)c2ccccc2)C=C1c1cccs1. The van der Waals surface area contributed by atoms with Gasteiger partial charge in [0.25, 0.3) is 0 Å². The zero-order valence-corrected chi connectivity index (χ0v) is 16.0. The lowest BCUT2D eigenvalue weighted by molar-refractivity contribution is 1.63. The quantitative estimate of drug-likeness (QED) is 0.274. The molecule has 25 heavy (non-hydrogen) atoms. The fourth-order valence-corrected chi connectivity index (χ4v) is 5.17. The van der Waals surface area contributed by atoms with Crippen LogP contribution in [0.3, 0.4) is 0 Å². The van der Waals surface area contributed by atoms with E-state index in [0.717, 1.165) is 12.8 Å². The van der Waals surface area contributed by atoms with Gasteiger partial charge in [0, 0.05) is 15.7 Å². The van der Waals surface area contributed by atoms with Crippen molar-refractivity contribution in [2.24, 2.45) is 0 Å². The summed E-state index contributed by atoms with van der Waals surface area (Å²) < 4.78 is 1.01. The van der Waals surface area contributed by atoms with Crippen LogP contribution >= 0.6 is 31.8 Å². The molecule has 0 saturated carbocycles. The van der Waals surface area contributed by atoms with E-state index < -0.39 is 0 Å². The third kappa shape index (κ3) is 3.62. The second-order valence-electron chi connectivity index (χ2n) is 5.67. The van der Waals surface area contributed by atoms with Gasteiger partial charge in [-0.25, -0.2) is 0 Å². The predicted molar refractivity (Wildman–Crippen MR) is 118 cm³/mol. The van der Waals surface area contributed by atoms with Crippen molar-refractivity contribution in [3.05, 3.63) is 100 Å². The van der Waals surface area contributed by atoms with E-state index in [2.05, 4.69) is 84.3 Å². The van der Waals surface area contributed by atoms with Crippen molar-refractivity contribution in [3.63, 3.8) is 0 Å². The second kappa shape index (κ2) is 7.41. The van der Waals surface area contributed by atoms with E-state index in [1.54, 1.807) is 11.3 Å². The van der Waals surface area contributed by atoms with Crippen LogP contribution in [0.5, 0.6) is 0 Å². The monoisotopic (exact) mass is 374 g/mol. The Morgan fingerprint density at radius 1 is 0.880 bits per heavy atom. The van der Waals surface area contributed by atoms with Gasteiger partial charge in [-0.15, -0.1) is 11.3 Å². The summed E-state index contributed by atoms with van der Waals surface area (Å²) >= 11 is 7.42. The third-order valence-corrected chi connectivity index (χ3v) is 6.44. The summed E-state index contributed by atoms with van der Waals surface area (Å²) in [5.74, 6) is 0. The number of allylic oxidation sites excluding steroid dienone is 3.